The van der Waals surface area contributed by atoms with Crippen molar-refractivity contribution < 1.29 is 9.15 Å². The molecule has 6 nitrogen and oxygen atoms in total. The van der Waals surface area contributed by atoms with Gasteiger partial charge in [0.1, 0.15) is 5.76 Å². The van der Waals surface area contributed by atoms with E-state index in [0.717, 1.165) is 83.3 Å². The van der Waals surface area contributed by atoms with Gasteiger partial charge in [-0.25, -0.2) is 0 Å². The lowest BCUT2D eigenvalue weighted by Gasteiger charge is -2.33. The summed E-state index contributed by atoms with van der Waals surface area (Å²) in [5.41, 5.74) is 1.24. The van der Waals surface area contributed by atoms with Crippen LogP contribution in [0.1, 0.15) is 31.9 Å². The molecule has 1 aromatic rings. The SMILES string of the molecule is C=C(C)CN1CCC(NC(=NCC2CCOC2)NCCc2ccco2)CC1. The molecule has 0 amide bonds. The minimum absolute atomic E-state index is 0.473. The summed E-state index contributed by atoms with van der Waals surface area (Å²) < 4.78 is 10.9. The highest BCUT2D eigenvalue weighted by molar-refractivity contribution is 5.80. The minimum atomic E-state index is 0.473. The summed E-state index contributed by atoms with van der Waals surface area (Å²) in [4.78, 5) is 7.33. The van der Waals surface area contributed by atoms with E-state index in [2.05, 4.69) is 29.0 Å². The first-order chi connectivity index (χ1) is 13.2. The molecule has 27 heavy (non-hydrogen) atoms. The smallest absolute Gasteiger partial charge is 0.191 e. The van der Waals surface area contributed by atoms with Crippen LogP contribution in [0.5, 0.6) is 0 Å². The molecule has 2 aliphatic rings. The fourth-order valence-corrected chi connectivity index (χ4v) is 3.67. The van der Waals surface area contributed by atoms with Gasteiger partial charge in [-0.05, 0) is 38.3 Å². The molecule has 3 rings (SSSR count). The monoisotopic (exact) mass is 374 g/mol. The van der Waals surface area contributed by atoms with Crippen molar-refractivity contribution in [2.24, 2.45) is 10.9 Å². The maximum atomic E-state index is 5.48. The molecule has 0 aliphatic carbocycles. The van der Waals surface area contributed by atoms with Gasteiger partial charge < -0.3 is 19.8 Å². The molecule has 1 aromatic heterocycles. The number of rotatable bonds is 8. The lowest BCUT2D eigenvalue weighted by Crippen LogP contribution is -2.49. The van der Waals surface area contributed by atoms with Crippen molar-refractivity contribution in [1.29, 1.82) is 0 Å². The first-order valence-corrected chi connectivity index (χ1v) is 10.2. The molecule has 6 heteroatoms. The van der Waals surface area contributed by atoms with E-state index in [1.807, 2.05) is 12.1 Å². The van der Waals surface area contributed by atoms with Crippen LogP contribution in [0.25, 0.3) is 0 Å². The summed E-state index contributed by atoms with van der Waals surface area (Å²) in [5, 5.41) is 7.14. The van der Waals surface area contributed by atoms with E-state index in [9.17, 15) is 0 Å². The Kier molecular flexibility index (Phi) is 7.78. The molecule has 2 aliphatic heterocycles. The summed E-state index contributed by atoms with van der Waals surface area (Å²) in [7, 11) is 0. The number of ether oxygens (including phenoxy) is 1. The van der Waals surface area contributed by atoms with Crippen molar-refractivity contribution in [2.75, 3.05) is 45.9 Å². The molecule has 1 unspecified atom stereocenters. The number of hydrogen-bond acceptors (Lipinski definition) is 4. The van der Waals surface area contributed by atoms with Gasteiger partial charge in [0.25, 0.3) is 0 Å². The average molecular weight is 375 g/mol. The van der Waals surface area contributed by atoms with Crippen LogP contribution in [-0.4, -0.2) is 62.8 Å². The number of hydrogen-bond donors (Lipinski definition) is 2. The van der Waals surface area contributed by atoms with Crippen molar-refractivity contribution in [1.82, 2.24) is 15.5 Å². The fraction of sp³-hybridized carbons (Fsp3) is 0.667. The Morgan fingerprint density at radius 3 is 2.85 bits per heavy atom. The standard InChI is InChI=1S/C21H34N4O2/c1-17(2)15-25-10-6-19(7-11-25)24-21(23-14-18-8-13-26-16-18)22-9-5-20-4-3-12-27-20/h3-4,12,18-19H,1,5-11,13-16H2,2H3,(H2,22,23,24). The van der Waals surface area contributed by atoms with Crippen LogP contribution in [0.2, 0.25) is 0 Å². The Bertz CT molecular complexity index is 585. The molecule has 3 heterocycles. The Balaban J connectivity index is 1.47. The van der Waals surface area contributed by atoms with E-state index < -0.39 is 0 Å². The number of nitrogens with zero attached hydrogens (tertiary/aromatic N) is 2. The van der Waals surface area contributed by atoms with Crippen molar-refractivity contribution in [3.05, 3.63) is 36.3 Å². The predicted molar refractivity (Wildman–Crippen MR) is 109 cm³/mol. The van der Waals surface area contributed by atoms with Gasteiger partial charge in [-0.2, -0.15) is 0 Å². The molecular formula is C21H34N4O2. The van der Waals surface area contributed by atoms with Crippen LogP contribution in [0.4, 0.5) is 0 Å². The predicted octanol–water partition coefficient (Wildman–Crippen LogP) is 2.43. The van der Waals surface area contributed by atoms with Crippen LogP contribution in [0, 0.1) is 5.92 Å². The highest BCUT2D eigenvalue weighted by atomic mass is 16.5. The zero-order valence-electron chi connectivity index (χ0n) is 16.6. The third-order valence-corrected chi connectivity index (χ3v) is 5.20. The lowest BCUT2D eigenvalue weighted by molar-refractivity contribution is 0.187. The molecule has 0 aromatic carbocycles. The number of guanidine groups is 1. The van der Waals surface area contributed by atoms with Crippen LogP contribution in [-0.2, 0) is 11.2 Å². The topological polar surface area (TPSA) is 62.0 Å². The van der Waals surface area contributed by atoms with E-state index in [4.69, 9.17) is 14.1 Å². The highest BCUT2D eigenvalue weighted by Gasteiger charge is 2.20. The highest BCUT2D eigenvalue weighted by Crippen LogP contribution is 2.13. The van der Waals surface area contributed by atoms with Gasteiger partial charge in [-0.3, -0.25) is 9.89 Å². The number of nitrogens with one attached hydrogen (secondary N) is 2. The van der Waals surface area contributed by atoms with E-state index in [1.165, 1.54) is 5.57 Å². The second-order valence-corrected chi connectivity index (χ2v) is 7.83. The van der Waals surface area contributed by atoms with E-state index >= 15 is 0 Å². The van der Waals surface area contributed by atoms with Crippen molar-refractivity contribution >= 4 is 5.96 Å². The first-order valence-electron chi connectivity index (χ1n) is 10.2. The van der Waals surface area contributed by atoms with Gasteiger partial charge in [0.15, 0.2) is 5.96 Å². The number of aliphatic imine (C=N–C) groups is 1. The summed E-state index contributed by atoms with van der Waals surface area (Å²) in [6.07, 6.45) is 5.97. The summed E-state index contributed by atoms with van der Waals surface area (Å²) in [5.74, 6) is 2.47. The number of furan rings is 1. The Morgan fingerprint density at radius 1 is 1.33 bits per heavy atom. The van der Waals surface area contributed by atoms with Gasteiger partial charge in [0.05, 0.1) is 12.9 Å². The zero-order chi connectivity index (χ0) is 18.9. The third-order valence-electron chi connectivity index (χ3n) is 5.20. The van der Waals surface area contributed by atoms with E-state index in [1.54, 1.807) is 6.26 Å². The summed E-state index contributed by atoms with van der Waals surface area (Å²) in [6.45, 7) is 12.7. The zero-order valence-corrected chi connectivity index (χ0v) is 16.6. The van der Waals surface area contributed by atoms with Crippen molar-refractivity contribution in [2.45, 2.75) is 38.6 Å². The number of piperidine rings is 1. The average Bonchev–Trinajstić information content (AvgIpc) is 3.34. The molecule has 0 spiro atoms. The normalized spacial score (nSPS) is 22.1. The Hall–Kier alpha value is -1.79. The second kappa shape index (κ2) is 10.5. The molecule has 0 radical (unpaired) electrons. The van der Waals surface area contributed by atoms with Crippen molar-refractivity contribution in [3.63, 3.8) is 0 Å². The van der Waals surface area contributed by atoms with Crippen LogP contribution < -0.4 is 10.6 Å². The van der Waals surface area contributed by atoms with Gasteiger partial charge in [0, 0.05) is 57.7 Å². The molecule has 150 valence electrons. The van der Waals surface area contributed by atoms with Gasteiger partial charge in [0.2, 0.25) is 0 Å². The largest absolute Gasteiger partial charge is 0.469 e. The number of likely N-dealkylation sites (tertiary alicyclic amines) is 1. The molecular weight excluding hydrogens is 340 g/mol. The van der Waals surface area contributed by atoms with Gasteiger partial charge in [-0.15, -0.1) is 0 Å². The van der Waals surface area contributed by atoms with E-state index in [-0.39, 0.29) is 0 Å². The molecule has 2 fully saturated rings. The van der Waals surface area contributed by atoms with Crippen molar-refractivity contribution in [3.8, 4) is 0 Å². The first kappa shape index (κ1) is 20.0. The lowest BCUT2D eigenvalue weighted by atomic mass is 10.0. The second-order valence-electron chi connectivity index (χ2n) is 7.83. The quantitative estimate of drug-likeness (QED) is 0.416. The summed E-state index contributed by atoms with van der Waals surface area (Å²) >= 11 is 0. The van der Waals surface area contributed by atoms with Gasteiger partial charge in [-0.1, -0.05) is 12.2 Å². The third kappa shape index (κ3) is 7.03. The Labute approximate surface area is 163 Å². The van der Waals surface area contributed by atoms with Gasteiger partial charge >= 0.3 is 0 Å². The molecule has 2 N–H and O–H groups in total. The molecule has 0 bridgehead atoms. The van der Waals surface area contributed by atoms with Crippen LogP contribution in [0.15, 0.2) is 40.0 Å². The summed E-state index contributed by atoms with van der Waals surface area (Å²) in [6, 6.07) is 4.42. The maximum absolute atomic E-state index is 5.48. The molecule has 1 atom stereocenters. The van der Waals surface area contributed by atoms with Crippen LogP contribution in [0.3, 0.4) is 0 Å². The van der Waals surface area contributed by atoms with E-state index in [0.29, 0.717) is 12.0 Å². The minimum Gasteiger partial charge on any atom is -0.469 e. The molecule has 2 saturated heterocycles. The maximum Gasteiger partial charge on any atom is 0.191 e. The van der Waals surface area contributed by atoms with Crippen LogP contribution >= 0.6 is 0 Å². The Morgan fingerprint density at radius 2 is 2.19 bits per heavy atom. The molecule has 0 saturated carbocycles. The fourth-order valence-electron chi connectivity index (χ4n) is 3.67.